The van der Waals surface area contributed by atoms with Gasteiger partial charge >= 0.3 is 0 Å². The van der Waals surface area contributed by atoms with Crippen LogP contribution in [0.4, 0.5) is 5.82 Å². The fourth-order valence-corrected chi connectivity index (χ4v) is 2.30. The van der Waals surface area contributed by atoms with Crippen molar-refractivity contribution in [1.82, 2.24) is 4.98 Å². The zero-order chi connectivity index (χ0) is 12.3. The number of hydrogen-bond acceptors (Lipinski definition) is 4. The van der Waals surface area contributed by atoms with E-state index in [0.717, 1.165) is 31.7 Å². The maximum absolute atomic E-state index is 9.10. The van der Waals surface area contributed by atoms with Crippen LogP contribution in [0.3, 0.4) is 0 Å². The molecule has 1 aromatic heterocycles. The Hall–Kier alpha value is -1.13. The molecule has 1 N–H and O–H groups in total. The fourth-order valence-electron chi connectivity index (χ4n) is 2.30. The van der Waals surface area contributed by atoms with Crippen LogP contribution >= 0.6 is 0 Å². The smallest absolute Gasteiger partial charge is 0.129 e. The number of anilines is 1. The van der Waals surface area contributed by atoms with E-state index >= 15 is 0 Å². The summed E-state index contributed by atoms with van der Waals surface area (Å²) in [6.07, 6.45) is 2.19. The molecule has 94 valence electrons. The molecular formula is C13H20N2O2. The maximum atomic E-state index is 9.10. The van der Waals surface area contributed by atoms with Crippen LogP contribution in [-0.4, -0.2) is 35.9 Å². The third-order valence-electron chi connectivity index (χ3n) is 3.43. The molecule has 0 radical (unpaired) electrons. The van der Waals surface area contributed by atoms with Gasteiger partial charge in [0.05, 0.1) is 17.9 Å². The molecule has 1 aliphatic heterocycles. The lowest BCUT2D eigenvalue weighted by Crippen LogP contribution is -2.47. The van der Waals surface area contributed by atoms with Crippen molar-refractivity contribution in [2.75, 3.05) is 25.1 Å². The van der Waals surface area contributed by atoms with Gasteiger partial charge in [0.15, 0.2) is 0 Å². The number of hydrogen-bond donors (Lipinski definition) is 1. The van der Waals surface area contributed by atoms with Gasteiger partial charge in [-0.1, -0.05) is 6.07 Å². The summed E-state index contributed by atoms with van der Waals surface area (Å²) in [6.45, 7) is 3.98. The summed E-state index contributed by atoms with van der Waals surface area (Å²) in [7, 11) is 1.76. The molecule has 0 aliphatic carbocycles. The molecule has 2 heterocycles. The van der Waals surface area contributed by atoms with Crippen molar-refractivity contribution < 1.29 is 9.84 Å². The van der Waals surface area contributed by atoms with Crippen LogP contribution in [0, 0.1) is 0 Å². The van der Waals surface area contributed by atoms with E-state index in [2.05, 4.69) is 16.8 Å². The quantitative estimate of drug-likeness (QED) is 0.865. The predicted octanol–water partition coefficient (Wildman–Crippen LogP) is 1.58. The van der Waals surface area contributed by atoms with Crippen LogP contribution in [0.25, 0.3) is 0 Å². The van der Waals surface area contributed by atoms with Gasteiger partial charge in [0.1, 0.15) is 5.82 Å². The van der Waals surface area contributed by atoms with Gasteiger partial charge in [-0.25, -0.2) is 4.98 Å². The van der Waals surface area contributed by atoms with E-state index in [1.54, 1.807) is 7.11 Å². The summed E-state index contributed by atoms with van der Waals surface area (Å²) in [5.41, 5.74) is 0.627. The summed E-state index contributed by atoms with van der Waals surface area (Å²) in [5, 5.41) is 9.10. The average molecular weight is 236 g/mol. The number of methoxy groups -OCH3 is 1. The number of aliphatic hydroxyl groups is 1. The van der Waals surface area contributed by atoms with Crippen molar-refractivity contribution in [3.05, 3.63) is 23.9 Å². The van der Waals surface area contributed by atoms with Crippen LogP contribution in [0.1, 0.15) is 25.5 Å². The molecule has 1 atom stereocenters. The number of nitrogens with zero attached hydrogens (tertiary/aromatic N) is 2. The van der Waals surface area contributed by atoms with E-state index in [4.69, 9.17) is 9.84 Å². The lowest BCUT2D eigenvalue weighted by Gasteiger charge is -2.40. The second kappa shape index (κ2) is 5.02. The minimum atomic E-state index is -0.0881. The Kier molecular flexibility index (Phi) is 3.64. The van der Waals surface area contributed by atoms with Crippen LogP contribution in [0.15, 0.2) is 18.2 Å². The summed E-state index contributed by atoms with van der Waals surface area (Å²) >= 11 is 0. The van der Waals surface area contributed by atoms with Crippen molar-refractivity contribution in [2.24, 2.45) is 0 Å². The maximum Gasteiger partial charge on any atom is 0.129 e. The third kappa shape index (κ3) is 2.76. The standard InChI is InChI=1S/C13H20N2O2/c1-13(17-2)7-4-8-15(10-13)12-6-3-5-11(9-16)14-12/h3,5-6,16H,4,7-10H2,1-2H3. The Labute approximate surface area is 102 Å². The van der Waals surface area contributed by atoms with E-state index in [-0.39, 0.29) is 12.2 Å². The monoisotopic (exact) mass is 236 g/mol. The lowest BCUT2D eigenvalue weighted by atomic mass is 9.95. The predicted molar refractivity (Wildman–Crippen MR) is 67.0 cm³/mol. The second-order valence-electron chi connectivity index (χ2n) is 4.82. The highest BCUT2D eigenvalue weighted by Gasteiger charge is 2.31. The topological polar surface area (TPSA) is 45.6 Å². The Morgan fingerprint density at radius 3 is 3.06 bits per heavy atom. The molecule has 1 aliphatic rings. The summed E-state index contributed by atoms with van der Waals surface area (Å²) in [4.78, 5) is 6.66. The molecule has 1 aromatic rings. The number of aromatic nitrogens is 1. The van der Waals surface area contributed by atoms with Gasteiger partial charge < -0.3 is 14.7 Å². The van der Waals surface area contributed by atoms with Crippen molar-refractivity contribution >= 4 is 5.82 Å². The molecular weight excluding hydrogens is 216 g/mol. The Morgan fingerprint density at radius 1 is 1.53 bits per heavy atom. The molecule has 0 saturated carbocycles. The zero-order valence-corrected chi connectivity index (χ0v) is 10.5. The molecule has 0 aromatic carbocycles. The van der Waals surface area contributed by atoms with Gasteiger partial charge in [-0.2, -0.15) is 0 Å². The van der Waals surface area contributed by atoms with Gasteiger partial charge in [0, 0.05) is 20.2 Å². The van der Waals surface area contributed by atoms with Gasteiger partial charge in [-0.05, 0) is 31.9 Å². The molecule has 1 saturated heterocycles. The summed E-state index contributed by atoms with van der Waals surface area (Å²) in [6, 6.07) is 5.76. The van der Waals surface area contributed by atoms with E-state index in [9.17, 15) is 0 Å². The third-order valence-corrected chi connectivity index (χ3v) is 3.43. The van der Waals surface area contributed by atoms with Gasteiger partial charge in [-0.3, -0.25) is 0 Å². The van der Waals surface area contributed by atoms with Crippen molar-refractivity contribution in [2.45, 2.75) is 32.0 Å². The summed E-state index contributed by atoms with van der Waals surface area (Å²) < 4.78 is 5.57. The van der Waals surface area contributed by atoms with E-state index < -0.39 is 0 Å². The zero-order valence-electron chi connectivity index (χ0n) is 10.5. The second-order valence-corrected chi connectivity index (χ2v) is 4.82. The molecule has 1 fully saturated rings. The summed E-state index contributed by atoms with van der Waals surface area (Å²) in [5.74, 6) is 0.930. The number of rotatable bonds is 3. The molecule has 4 heteroatoms. The van der Waals surface area contributed by atoms with Crippen molar-refractivity contribution in [3.63, 3.8) is 0 Å². The first kappa shape index (κ1) is 12.3. The number of ether oxygens (including phenoxy) is 1. The molecule has 1 unspecified atom stereocenters. The Balaban J connectivity index is 2.16. The van der Waals surface area contributed by atoms with Gasteiger partial charge in [-0.15, -0.1) is 0 Å². The first-order valence-corrected chi connectivity index (χ1v) is 6.04. The SMILES string of the molecule is COC1(C)CCCN(c2cccc(CO)n2)C1. The molecule has 2 rings (SSSR count). The molecule has 17 heavy (non-hydrogen) atoms. The highest BCUT2D eigenvalue weighted by atomic mass is 16.5. The first-order valence-electron chi connectivity index (χ1n) is 6.04. The Bertz CT molecular complexity index is 383. The molecule has 4 nitrogen and oxygen atoms in total. The van der Waals surface area contributed by atoms with E-state index in [1.807, 2.05) is 18.2 Å². The van der Waals surface area contributed by atoms with Crippen molar-refractivity contribution in [3.8, 4) is 0 Å². The van der Waals surface area contributed by atoms with Crippen LogP contribution in [0.2, 0.25) is 0 Å². The van der Waals surface area contributed by atoms with Crippen LogP contribution in [0.5, 0.6) is 0 Å². The van der Waals surface area contributed by atoms with E-state index in [0.29, 0.717) is 5.69 Å². The van der Waals surface area contributed by atoms with Crippen LogP contribution < -0.4 is 4.90 Å². The molecule has 0 amide bonds. The number of piperidine rings is 1. The minimum Gasteiger partial charge on any atom is -0.390 e. The van der Waals surface area contributed by atoms with Gasteiger partial charge in [0.2, 0.25) is 0 Å². The largest absolute Gasteiger partial charge is 0.390 e. The van der Waals surface area contributed by atoms with Gasteiger partial charge in [0.25, 0.3) is 0 Å². The van der Waals surface area contributed by atoms with E-state index in [1.165, 1.54) is 0 Å². The lowest BCUT2D eigenvalue weighted by molar-refractivity contribution is -0.00482. The highest BCUT2D eigenvalue weighted by molar-refractivity contribution is 5.40. The highest BCUT2D eigenvalue weighted by Crippen LogP contribution is 2.26. The molecule has 0 bridgehead atoms. The number of pyridine rings is 1. The average Bonchev–Trinajstić information content (AvgIpc) is 2.39. The fraction of sp³-hybridized carbons (Fsp3) is 0.615. The van der Waals surface area contributed by atoms with Crippen molar-refractivity contribution in [1.29, 1.82) is 0 Å². The van der Waals surface area contributed by atoms with Crippen LogP contribution in [-0.2, 0) is 11.3 Å². The Morgan fingerprint density at radius 2 is 2.35 bits per heavy atom. The molecule has 0 spiro atoms. The first-order chi connectivity index (χ1) is 8.17. The minimum absolute atomic E-state index is 0.0107. The number of aliphatic hydroxyl groups excluding tert-OH is 1. The normalized spacial score (nSPS) is 25.0.